The zero-order valence-electron chi connectivity index (χ0n) is 12.9. The van der Waals surface area contributed by atoms with Crippen molar-refractivity contribution in [2.24, 2.45) is 0 Å². The van der Waals surface area contributed by atoms with E-state index in [0.717, 1.165) is 24.8 Å². The molecule has 0 amide bonds. The van der Waals surface area contributed by atoms with Crippen molar-refractivity contribution in [2.75, 3.05) is 0 Å². The molecule has 0 aromatic carbocycles. The first-order chi connectivity index (χ1) is 7.47. The van der Waals surface area contributed by atoms with Gasteiger partial charge in [0.15, 0.2) is 0 Å². The standard InChI is InChI=1S/C4H7.3C4H9.Sn/c1-4(2)3;3*1-3-4-2;/h1H,2-3H3;3*1,3-4H2,2H3;/q4*-1;+4. The van der Waals surface area contributed by atoms with E-state index in [1.54, 1.807) is 0 Å². The van der Waals surface area contributed by atoms with Gasteiger partial charge in [0.2, 0.25) is 0 Å². The Balaban J connectivity index is -0.0000000369. The van der Waals surface area contributed by atoms with Crippen LogP contribution in [-0.2, 0) is 0 Å². The maximum absolute atomic E-state index is 5.03. The molecule has 0 saturated carbocycles. The van der Waals surface area contributed by atoms with Gasteiger partial charge in [-0.1, -0.05) is 53.9 Å². The molecule has 0 aromatic heterocycles. The molecule has 0 aromatic rings. The van der Waals surface area contributed by atoms with E-state index in [4.69, 9.17) is 6.58 Å². The summed E-state index contributed by atoms with van der Waals surface area (Å²) >= 11 is 0. The van der Waals surface area contributed by atoms with Crippen molar-refractivity contribution in [2.45, 2.75) is 73.1 Å². The Morgan fingerprint density at radius 1 is 0.765 bits per heavy atom. The smallest absolute Gasteiger partial charge is 0.515 e. The summed E-state index contributed by atoms with van der Waals surface area (Å²) in [5.41, 5.74) is 0.917. The van der Waals surface area contributed by atoms with Crippen LogP contribution in [0.3, 0.4) is 0 Å². The first-order valence-electron chi connectivity index (χ1n) is 6.41. The number of hydrogen-bond donors (Lipinski definition) is 0. The predicted molar refractivity (Wildman–Crippen MR) is 85.7 cm³/mol. The van der Waals surface area contributed by atoms with E-state index in [0.29, 0.717) is 0 Å². The largest absolute Gasteiger partial charge is 4.00 e. The first kappa shape index (κ1) is 30.5. The second kappa shape index (κ2) is 43.9. The second-order valence-corrected chi connectivity index (χ2v) is 3.64. The van der Waals surface area contributed by atoms with Gasteiger partial charge in [0.25, 0.3) is 0 Å². The molecule has 0 N–H and O–H groups in total. The van der Waals surface area contributed by atoms with Gasteiger partial charge >= 0.3 is 23.9 Å². The first-order valence-corrected chi connectivity index (χ1v) is 6.41. The molecule has 17 heavy (non-hydrogen) atoms. The van der Waals surface area contributed by atoms with Crippen LogP contribution in [0.2, 0.25) is 0 Å². The van der Waals surface area contributed by atoms with Crippen molar-refractivity contribution < 1.29 is 0 Å². The zero-order valence-corrected chi connectivity index (χ0v) is 15.8. The van der Waals surface area contributed by atoms with Crippen LogP contribution in [0, 0.1) is 27.4 Å². The molecule has 1 heteroatoms. The van der Waals surface area contributed by atoms with E-state index >= 15 is 0 Å². The Hall–Kier alpha value is 0.539. The summed E-state index contributed by atoms with van der Waals surface area (Å²) in [7, 11) is 0. The van der Waals surface area contributed by atoms with Crippen molar-refractivity contribution in [3.63, 3.8) is 0 Å². The molecule has 0 saturated heterocycles. The van der Waals surface area contributed by atoms with Gasteiger partial charge in [0.05, 0.1) is 0 Å². The van der Waals surface area contributed by atoms with Crippen LogP contribution in [-0.4, -0.2) is 23.9 Å². The minimum atomic E-state index is 0. The van der Waals surface area contributed by atoms with Crippen molar-refractivity contribution >= 4 is 23.9 Å². The fourth-order valence-corrected chi connectivity index (χ4v) is 0. The second-order valence-electron chi connectivity index (χ2n) is 3.64. The molecule has 0 heterocycles. The van der Waals surface area contributed by atoms with E-state index < -0.39 is 0 Å². The third-order valence-electron chi connectivity index (χ3n) is 1.06. The third-order valence-corrected chi connectivity index (χ3v) is 1.06. The van der Waals surface area contributed by atoms with Gasteiger partial charge in [0.1, 0.15) is 0 Å². The van der Waals surface area contributed by atoms with Crippen molar-refractivity contribution in [3.05, 3.63) is 32.9 Å². The van der Waals surface area contributed by atoms with Crippen LogP contribution in [0.25, 0.3) is 0 Å². The van der Waals surface area contributed by atoms with Gasteiger partial charge in [-0.2, -0.15) is 19.3 Å². The summed E-state index contributed by atoms with van der Waals surface area (Å²) in [5, 5.41) is 0. The van der Waals surface area contributed by atoms with Crippen LogP contribution < -0.4 is 0 Å². The fourth-order valence-electron chi connectivity index (χ4n) is 0. The predicted octanol–water partition coefficient (Wildman–Crippen LogP) is 5.87. The minimum Gasteiger partial charge on any atom is -0.515 e. The Morgan fingerprint density at radius 2 is 0.824 bits per heavy atom. The van der Waals surface area contributed by atoms with Crippen molar-refractivity contribution in [3.8, 4) is 0 Å². The summed E-state index contributed by atoms with van der Waals surface area (Å²) in [6, 6.07) is 0. The molecule has 0 nitrogen and oxygen atoms in total. The van der Waals surface area contributed by atoms with Gasteiger partial charge in [-0.15, -0.1) is 0 Å². The van der Waals surface area contributed by atoms with Crippen LogP contribution in [0.1, 0.15) is 73.1 Å². The minimum absolute atomic E-state index is 0. The Kier molecular flexibility index (Phi) is 78.8. The normalized spacial score (nSPS) is 6.82. The molecule has 0 bridgehead atoms. The summed E-state index contributed by atoms with van der Waals surface area (Å²) in [6.45, 7) is 25.9. The van der Waals surface area contributed by atoms with E-state index in [9.17, 15) is 0 Å². The topological polar surface area (TPSA) is 0 Å². The van der Waals surface area contributed by atoms with Crippen LogP contribution in [0.4, 0.5) is 0 Å². The number of allylic oxidation sites excluding steroid dienone is 1. The van der Waals surface area contributed by atoms with Gasteiger partial charge < -0.3 is 27.4 Å². The molecule has 0 radical (unpaired) electrons. The summed E-state index contributed by atoms with van der Waals surface area (Å²) in [5.74, 6) is 0. The molecule has 0 atom stereocenters. The van der Waals surface area contributed by atoms with E-state index in [1.165, 1.54) is 19.3 Å². The van der Waals surface area contributed by atoms with Crippen molar-refractivity contribution in [1.29, 1.82) is 0 Å². The van der Waals surface area contributed by atoms with E-state index in [2.05, 4.69) is 41.5 Å². The molecular weight excluding hydrogens is 311 g/mol. The molecular formula is C16H34Sn. The van der Waals surface area contributed by atoms with Crippen molar-refractivity contribution in [1.82, 2.24) is 0 Å². The molecule has 102 valence electrons. The third kappa shape index (κ3) is 279. The molecule has 0 unspecified atom stereocenters. The zero-order chi connectivity index (χ0) is 13.8. The van der Waals surface area contributed by atoms with E-state index in [-0.39, 0.29) is 23.9 Å². The maximum atomic E-state index is 5.03. The quantitative estimate of drug-likeness (QED) is 0.443. The Morgan fingerprint density at radius 3 is 0.824 bits per heavy atom. The number of unbranched alkanes of at least 4 members (excludes halogenated alkanes) is 3. The van der Waals surface area contributed by atoms with Crippen LogP contribution in [0.5, 0.6) is 0 Å². The molecule has 0 aliphatic heterocycles. The monoisotopic (exact) mass is 346 g/mol. The number of hydrogen-bond acceptors (Lipinski definition) is 0. The van der Waals surface area contributed by atoms with Gasteiger partial charge in [0, 0.05) is 0 Å². The van der Waals surface area contributed by atoms with Gasteiger partial charge in [-0.3, -0.25) is 5.57 Å². The van der Waals surface area contributed by atoms with Crippen LogP contribution in [0.15, 0.2) is 5.57 Å². The SMILES string of the molecule is [CH-]=C(C)C.[CH2-]CCC.[CH2-]CCC.[CH2-]CCC.[Sn+4]. The average Bonchev–Trinajstić information content (AvgIpc) is 2.28. The maximum Gasteiger partial charge on any atom is 4.00 e. The van der Waals surface area contributed by atoms with Gasteiger partial charge in [-0.25, -0.2) is 0 Å². The average molecular weight is 345 g/mol. The molecule has 0 fully saturated rings. The molecule has 0 spiro atoms. The fraction of sp³-hybridized carbons (Fsp3) is 0.688. The van der Waals surface area contributed by atoms with E-state index in [1.807, 2.05) is 13.8 Å². The summed E-state index contributed by atoms with van der Waals surface area (Å²) in [4.78, 5) is 0. The Labute approximate surface area is 130 Å². The Bertz CT molecular complexity index is 68.0. The van der Waals surface area contributed by atoms with Gasteiger partial charge in [-0.05, 0) is 0 Å². The molecule has 0 aliphatic rings. The molecule has 0 rings (SSSR count). The molecule has 0 aliphatic carbocycles. The summed E-state index contributed by atoms with van der Waals surface area (Å²) in [6.07, 6.45) is 6.83. The van der Waals surface area contributed by atoms with Crippen LogP contribution >= 0.6 is 0 Å². The summed E-state index contributed by atoms with van der Waals surface area (Å²) < 4.78 is 0. The number of rotatable bonds is 3.